The molecule has 5 rings (SSSR count). The largest absolute Gasteiger partial charge is 0.402 e. The monoisotopic (exact) mass is 459 g/mol. The van der Waals surface area contributed by atoms with Crippen LogP contribution in [0, 0.1) is 0 Å². The molecule has 0 amide bonds. The fourth-order valence-electron chi connectivity index (χ4n) is 3.34. The molecule has 1 aliphatic heterocycles. The number of carbonyl (C=O) groups excluding carboxylic acids is 1. The number of halogens is 2. The number of ether oxygens (including phenoxy) is 1. The van der Waals surface area contributed by atoms with Crippen molar-refractivity contribution in [3.05, 3.63) is 112 Å². The van der Waals surface area contributed by atoms with Crippen LogP contribution < -0.4 is 0 Å². The lowest BCUT2D eigenvalue weighted by Crippen LogP contribution is -2.05. The molecule has 4 aromatic rings. The Morgan fingerprint density at radius 3 is 2.34 bits per heavy atom. The van der Waals surface area contributed by atoms with Crippen molar-refractivity contribution in [1.29, 1.82) is 0 Å². The van der Waals surface area contributed by atoms with Crippen LogP contribution in [0.5, 0.6) is 0 Å². The Kier molecular flexibility index (Phi) is 5.35. The zero-order valence-corrected chi connectivity index (χ0v) is 18.1. The number of aromatic nitrogens is 2. The van der Waals surface area contributed by atoms with E-state index in [0.29, 0.717) is 26.9 Å². The van der Waals surface area contributed by atoms with E-state index < -0.39 is 5.97 Å². The molecule has 0 bridgehead atoms. The van der Waals surface area contributed by atoms with Crippen molar-refractivity contribution in [2.75, 3.05) is 0 Å². The summed E-state index contributed by atoms with van der Waals surface area (Å²) in [6.07, 6.45) is 3.52. The van der Waals surface area contributed by atoms with Crippen LogP contribution in [0.2, 0.25) is 10.0 Å². The summed E-state index contributed by atoms with van der Waals surface area (Å²) in [5.41, 5.74) is 3.88. The van der Waals surface area contributed by atoms with E-state index in [9.17, 15) is 4.79 Å². The molecule has 0 unspecified atom stereocenters. The van der Waals surface area contributed by atoms with Crippen LogP contribution in [0.15, 0.2) is 95.7 Å². The molecular formula is C25H15Cl2N3O2. The van der Waals surface area contributed by atoms with E-state index >= 15 is 0 Å². The van der Waals surface area contributed by atoms with Crippen LogP contribution in [0.4, 0.5) is 0 Å². The maximum Gasteiger partial charge on any atom is 0.363 e. The van der Waals surface area contributed by atoms with Crippen molar-refractivity contribution >= 4 is 41.1 Å². The summed E-state index contributed by atoms with van der Waals surface area (Å²) in [7, 11) is 0. The van der Waals surface area contributed by atoms with Crippen LogP contribution in [0.25, 0.3) is 23.0 Å². The fraction of sp³-hybridized carbons (Fsp3) is 0. The number of para-hydroxylation sites is 1. The second kappa shape index (κ2) is 8.46. The highest BCUT2D eigenvalue weighted by Gasteiger charge is 2.26. The first-order valence-corrected chi connectivity index (χ1v) is 10.5. The lowest BCUT2D eigenvalue weighted by molar-refractivity contribution is -0.129. The summed E-state index contributed by atoms with van der Waals surface area (Å²) < 4.78 is 7.14. The molecule has 7 heteroatoms. The van der Waals surface area contributed by atoms with Gasteiger partial charge in [0, 0.05) is 22.3 Å². The molecule has 5 nitrogen and oxygen atoms in total. The minimum atomic E-state index is -0.547. The molecule has 0 radical (unpaired) electrons. The third-order valence-electron chi connectivity index (χ3n) is 4.90. The van der Waals surface area contributed by atoms with E-state index in [4.69, 9.17) is 33.0 Å². The van der Waals surface area contributed by atoms with E-state index in [-0.39, 0.29) is 11.6 Å². The molecule has 156 valence electrons. The smallest absolute Gasteiger partial charge is 0.363 e. The van der Waals surface area contributed by atoms with E-state index in [1.54, 1.807) is 41.1 Å². The van der Waals surface area contributed by atoms with E-state index in [2.05, 4.69) is 4.99 Å². The van der Waals surface area contributed by atoms with Gasteiger partial charge >= 0.3 is 5.97 Å². The third-order valence-corrected chi connectivity index (χ3v) is 5.48. The Hall–Kier alpha value is -3.67. The van der Waals surface area contributed by atoms with Crippen LogP contribution in [-0.4, -0.2) is 21.6 Å². The number of rotatable bonds is 4. The number of benzene rings is 3. The van der Waals surface area contributed by atoms with Gasteiger partial charge in [0.2, 0.25) is 5.90 Å². The van der Waals surface area contributed by atoms with E-state index in [1.165, 1.54) is 0 Å². The van der Waals surface area contributed by atoms with E-state index in [0.717, 1.165) is 11.3 Å². The summed E-state index contributed by atoms with van der Waals surface area (Å²) in [4.78, 5) is 16.9. The second-order valence-electron chi connectivity index (χ2n) is 7.04. The molecule has 0 spiro atoms. The molecule has 0 saturated carbocycles. The maximum atomic E-state index is 12.6. The first-order valence-electron chi connectivity index (χ1n) is 9.77. The number of esters is 1. The highest BCUT2D eigenvalue weighted by molar-refractivity contribution is 6.34. The molecule has 0 atom stereocenters. The van der Waals surface area contributed by atoms with Crippen LogP contribution in [0.3, 0.4) is 0 Å². The summed E-state index contributed by atoms with van der Waals surface area (Å²) in [5, 5.41) is 5.83. The SMILES string of the molecule is O=C1OC(c2ccccc2Cl)=NC1=Cc1cn(-c2ccccc2)nc1-c1ccc(Cl)cc1. The number of carbonyl (C=O) groups is 1. The summed E-state index contributed by atoms with van der Waals surface area (Å²) in [6.45, 7) is 0. The first kappa shape index (κ1) is 20.2. The number of hydrogen-bond donors (Lipinski definition) is 0. The average Bonchev–Trinajstić information content (AvgIpc) is 3.39. The van der Waals surface area contributed by atoms with Crippen LogP contribution >= 0.6 is 23.2 Å². The quantitative estimate of drug-likeness (QED) is 0.270. The molecule has 32 heavy (non-hydrogen) atoms. The lowest BCUT2D eigenvalue weighted by Gasteiger charge is -2.01. The average molecular weight is 460 g/mol. The van der Waals surface area contributed by atoms with Gasteiger partial charge < -0.3 is 4.74 Å². The minimum Gasteiger partial charge on any atom is -0.402 e. The predicted molar refractivity (Wildman–Crippen MR) is 126 cm³/mol. The zero-order chi connectivity index (χ0) is 22.1. The fourth-order valence-corrected chi connectivity index (χ4v) is 3.69. The number of aliphatic imine (C=N–C) groups is 1. The van der Waals surface area contributed by atoms with Crippen molar-refractivity contribution in [3.63, 3.8) is 0 Å². The molecule has 1 aliphatic rings. The standard InChI is InChI=1S/C25H15Cl2N3O2/c26-18-12-10-16(11-13-18)23-17(15-30(29-23)19-6-2-1-3-7-19)14-22-25(31)32-24(28-22)20-8-4-5-9-21(20)27/h1-15H. The Morgan fingerprint density at radius 1 is 0.875 bits per heavy atom. The van der Waals surface area contributed by atoms with Gasteiger partial charge in [-0.15, -0.1) is 0 Å². The molecule has 0 aliphatic carbocycles. The van der Waals surface area contributed by atoms with Gasteiger partial charge in [0.05, 0.1) is 16.3 Å². The number of hydrogen-bond acceptors (Lipinski definition) is 4. The van der Waals surface area contributed by atoms with Crippen molar-refractivity contribution in [1.82, 2.24) is 9.78 Å². The Balaban J connectivity index is 1.61. The molecular weight excluding hydrogens is 445 g/mol. The first-order chi connectivity index (χ1) is 15.6. The van der Waals surface area contributed by atoms with Crippen molar-refractivity contribution in [2.24, 2.45) is 4.99 Å². The topological polar surface area (TPSA) is 56.5 Å². The minimum absolute atomic E-state index is 0.169. The van der Waals surface area contributed by atoms with Crippen molar-refractivity contribution in [3.8, 4) is 16.9 Å². The second-order valence-corrected chi connectivity index (χ2v) is 7.88. The van der Waals surface area contributed by atoms with Crippen LogP contribution in [0.1, 0.15) is 11.1 Å². The van der Waals surface area contributed by atoms with Gasteiger partial charge in [-0.1, -0.05) is 65.7 Å². The summed E-state index contributed by atoms with van der Waals surface area (Å²) >= 11 is 12.3. The summed E-state index contributed by atoms with van der Waals surface area (Å²) in [6, 6.07) is 24.2. The van der Waals surface area contributed by atoms with Gasteiger partial charge in [-0.05, 0) is 42.5 Å². The number of cyclic esters (lactones) is 1. The van der Waals surface area contributed by atoms with Crippen molar-refractivity contribution in [2.45, 2.75) is 0 Å². The zero-order valence-electron chi connectivity index (χ0n) is 16.6. The molecule has 0 N–H and O–H groups in total. The van der Waals surface area contributed by atoms with Crippen LogP contribution in [-0.2, 0) is 9.53 Å². The molecule has 3 aromatic carbocycles. The van der Waals surface area contributed by atoms with E-state index in [1.807, 2.05) is 54.7 Å². The Morgan fingerprint density at radius 2 is 1.59 bits per heavy atom. The Bertz CT molecular complexity index is 1370. The van der Waals surface area contributed by atoms with Gasteiger partial charge in [-0.25, -0.2) is 14.5 Å². The normalized spacial score (nSPS) is 14.5. The van der Waals surface area contributed by atoms with Crippen molar-refractivity contribution < 1.29 is 9.53 Å². The highest BCUT2D eigenvalue weighted by Crippen LogP contribution is 2.29. The molecule has 0 saturated heterocycles. The molecule has 1 aromatic heterocycles. The van der Waals surface area contributed by atoms with Gasteiger partial charge in [0.15, 0.2) is 5.70 Å². The number of nitrogens with zero attached hydrogens (tertiary/aromatic N) is 3. The molecule has 2 heterocycles. The highest BCUT2D eigenvalue weighted by atomic mass is 35.5. The van der Waals surface area contributed by atoms with Gasteiger partial charge in [-0.3, -0.25) is 0 Å². The third kappa shape index (κ3) is 3.96. The van der Waals surface area contributed by atoms with Gasteiger partial charge in [-0.2, -0.15) is 5.10 Å². The predicted octanol–water partition coefficient (Wildman–Crippen LogP) is 6.19. The lowest BCUT2D eigenvalue weighted by atomic mass is 10.1. The summed E-state index contributed by atoms with van der Waals surface area (Å²) in [5.74, 6) is -0.371. The Labute approximate surface area is 194 Å². The maximum absolute atomic E-state index is 12.6. The molecule has 0 fully saturated rings. The van der Waals surface area contributed by atoms with Gasteiger partial charge in [0.1, 0.15) is 5.69 Å². The van der Waals surface area contributed by atoms with Gasteiger partial charge in [0.25, 0.3) is 0 Å².